The second-order valence-electron chi connectivity index (χ2n) is 8.32. The van der Waals surface area contributed by atoms with E-state index in [2.05, 4.69) is 0 Å². The van der Waals surface area contributed by atoms with Crippen molar-refractivity contribution in [2.75, 3.05) is 26.2 Å². The lowest BCUT2D eigenvalue weighted by atomic mass is 9.78. The number of piperazine rings is 1. The summed E-state index contributed by atoms with van der Waals surface area (Å²) in [6, 6.07) is 0. The van der Waals surface area contributed by atoms with E-state index in [0.29, 0.717) is 51.9 Å². The van der Waals surface area contributed by atoms with Gasteiger partial charge in [-0.3, -0.25) is 19.2 Å². The number of amides is 2. The molecule has 8 heteroatoms. The van der Waals surface area contributed by atoms with Crippen LogP contribution in [0.5, 0.6) is 0 Å². The predicted molar refractivity (Wildman–Crippen MR) is 99.3 cm³/mol. The Balaban J connectivity index is 1.57. The molecule has 3 aliphatic rings. The molecule has 4 unspecified atom stereocenters. The van der Waals surface area contributed by atoms with Gasteiger partial charge >= 0.3 is 11.9 Å². The highest BCUT2D eigenvalue weighted by Gasteiger charge is 2.41. The van der Waals surface area contributed by atoms with Crippen molar-refractivity contribution in [3.05, 3.63) is 0 Å². The fraction of sp³-hybridized carbons (Fsp3) is 0.800. The second-order valence-corrected chi connectivity index (χ2v) is 8.32. The largest absolute Gasteiger partial charge is 0.481 e. The number of aliphatic carboxylic acids is 2. The molecule has 2 amide bonds. The zero-order chi connectivity index (χ0) is 20.3. The van der Waals surface area contributed by atoms with Crippen LogP contribution in [0.4, 0.5) is 0 Å². The summed E-state index contributed by atoms with van der Waals surface area (Å²) in [5.41, 5.74) is 0. The topological polar surface area (TPSA) is 115 Å². The molecule has 0 aromatic carbocycles. The highest BCUT2D eigenvalue weighted by molar-refractivity contribution is 5.86. The van der Waals surface area contributed by atoms with E-state index in [9.17, 15) is 29.4 Å². The number of carbonyl (C=O) groups is 4. The van der Waals surface area contributed by atoms with Crippen molar-refractivity contribution < 1.29 is 29.4 Å². The van der Waals surface area contributed by atoms with E-state index in [1.165, 1.54) is 0 Å². The number of nitrogens with zero attached hydrogens (tertiary/aromatic N) is 2. The van der Waals surface area contributed by atoms with Gasteiger partial charge in [-0.1, -0.05) is 25.7 Å². The van der Waals surface area contributed by atoms with Crippen molar-refractivity contribution in [3.63, 3.8) is 0 Å². The summed E-state index contributed by atoms with van der Waals surface area (Å²) in [6.45, 7) is 1.55. The van der Waals surface area contributed by atoms with Crippen LogP contribution in [0.1, 0.15) is 51.4 Å². The van der Waals surface area contributed by atoms with Crippen LogP contribution < -0.4 is 0 Å². The first-order valence-corrected chi connectivity index (χ1v) is 10.4. The lowest BCUT2D eigenvalue weighted by Crippen LogP contribution is -2.55. The van der Waals surface area contributed by atoms with E-state index in [1.54, 1.807) is 9.80 Å². The Hall–Kier alpha value is -2.12. The number of rotatable bonds is 4. The van der Waals surface area contributed by atoms with Crippen LogP contribution in [0.15, 0.2) is 0 Å². The maximum atomic E-state index is 12.9. The molecule has 2 N–H and O–H groups in total. The molecular formula is C20H30N2O6. The minimum absolute atomic E-state index is 0.111. The average molecular weight is 394 g/mol. The van der Waals surface area contributed by atoms with Gasteiger partial charge in [0.05, 0.1) is 23.7 Å². The molecule has 0 bridgehead atoms. The van der Waals surface area contributed by atoms with Crippen LogP contribution in [0.3, 0.4) is 0 Å². The van der Waals surface area contributed by atoms with Crippen LogP contribution in [-0.4, -0.2) is 69.9 Å². The Bertz CT molecular complexity index is 574. The van der Waals surface area contributed by atoms with Gasteiger partial charge in [-0.25, -0.2) is 0 Å². The molecule has 156 valence electrons. The maximum absolute atomic E-state index is 12.9. The summed E-state index contributed by atoms with van der Waals surface area (Å²) in [6.07, 6.45) is 5.73. The minimum atomic E-state index is -0.899. The van der Waals surface area contributed by atoms with Gasteiger partial charge in [-0.05, 0) is 25.7 Å². The normalized spacial score (nSPS) is 31.3. The van der Waals surface area contributed by atoms with E-state index in [1.807, 2.05) is 0 Å². The first kappa shape index (κ1) is 20.6. The third-order valence-electron chi connectivity index (χ3n) is 6.70. The van der Waals surface area contributed by atoms with E-state index in [4.69, 9.17) is 0 Å². The van der Waals surface area contributed by atoms with Crippen molar-refractivity contribution in [1.29, 1.82) is 0 Å². The monoisotopic (exact) mass is 394 g/mol. The Morgan fingerprint density at radius 3 is 1.11 bits per heavy atom. The maximum Gasteiger partial charge on any atom is 0.307 e. The summed E-state index contributed by atoms with van der Waals surface area (Å²) in [5.74, 6) is -4.18. The van der Waals surface area contributed by atoms with E-state index < -0.39 is 35.6 Å². The fourth-order valence-corrected chi connectivity index (χ4v) is 5.06. The number of carboxylic acids is 2. The lowest BCUT2D eigenvalue weighted by Gasteiger charge is -2.40. The first-order valence-electron chi connectivity index (χ1n) is 10.4. The summed E-state index contributed by atoms with van der Waals surface area (Å²) in [4.78, 5) is 52.1. The lowest BCUT2D eigenvalue weighted by molar-refractivity contribution is -0.156. The van der Waals surface area contributed by atoms with Crippen molar-refractivity contribution in [3.8, 4) is 0 Å². The smallest absolute Gasteiger partial charge is 0.307 e. The van der Waals surface area contributed by atoms with Crippen LogP contribution in [-0.2, 0) is 19.2 Å². The van der Waals surface area contributed by atoms with Gasteiger partial charge in [-0.15, -0.1) is 0 Å². The summed E-state index contributed by atoms with van der Waals surface area (Å²) in [5, 5.41) is 18.8. The molecule has 0 spiro atoms. The fourth-order valence-electron chi connectivity index (χ4n) is 5.06. The van der Waals surface area contributed by atoms with Gasteiger partial charge in [0, 0.05) is 26.2 Å². The van der Waals surface area contributed by atoms with Crippen LogP contribution >= 0.6 is 0 Å². The van der Waals surface area contributed by atoms with Crippen LogP contribution in [0.25, 0.3) is 0 Å². The summed E-state index contributed by atoms with van der Waals surface area (Å²) < 4.78 is 0. The molecule has 3 rings (SSSR count). The predicted octanol–water partition coefficient (Wildman–Crippen LogP) is 1.44. The average Bonchev–Trinajstić information content (AvgIpc) is 2.72. The minimum Gasteiger partial charge on any atom is -0.481 e. The highest BCUT2D eigenvalue weighted by atomic mass is 16.4. The summed E-state index contributed by atoms with van der Waals surface area (Å²) >= 11 is 0. The molecule has 8 nitrogen and oxygen atoms in total. The Labute approximate surface area is 164 Å². The third-order valence-corrected chi connectivity index (χ3v) is 6.70. The van der Waals surface area contributed by atoms with Gasteiger partial charge < -0.3 is 20.0 Å². The molecule has 3 fully saturated rings. The molecule has 28 heavy (non-hydrogen) atoms. The van der Waals surface area contributed by atoms with Gasteiger partial charge in [0.1, 0.15) is 0 Å². The number of hydrogen-bond acceptors (Lipinski definition) is 4. The van der Waals surface area contributed by atoms with Gasteiger partial charge in [0.15, 0.2) is 0 Å². The van der Waals surface area contributed by atoms with E-state index >= 15 is 0 Å². The number of carbonyl (C=O) groups excluding carboxylic acids is 2. The molecule has 0 radical (unpaired) electrons. The number of carboxylic acid groups (broad SMARTS) is 2. The zero-order valence-corrected chi connectivity index (χ0v) is 16.2. The summed E-state index contributed by atoms with van der Waals surface area (Å²) in [7, 11) is 0. The Morgan fingerprint density at radius 1 is 0.536 bits per heavy atom. The quantitative estimate of drug-likeness (QED) is 0.745. The molecule has 0 aromatic rings. The molecule has 1 heterocycles. The van der Waals surface area contributed by atoms with E-state index in [0.717, 1.165) is 25.7 Å². The SMILES string of the molecule is O=C(O)C1CCCCC1C(=O)N1CCN(C(=O)C2CCCCC2C(=O)O)CC1. The van der Waals surface area contributed by atoms with Crippen LogP contribution in [0.2, 0.25) is 0 Å². The van der Waals surface area contributed by atoms with Crippen molar-refractivity contribution in [2.24, 2.45) is 23.7 Å². The molecule has 0 aromatic heterocycles. The van der Waals surface area contributed by atoms with Crippen LogP contribution in [0, 0.1) is 23.7 Å². The molecule has 1 saturated heterocycles. The van der Waals surface area contributed by atoms with Gasteiger partial charge in [-0.2, -0.15) is 0 Å². The Kier molecular flexibility index (Phi) is 6.57. The molecule has 4 atom stereocenters. The van der Waals surface area contributed by atoms with Gasteiger partial charge in [0.2, 0.25) is 11.8 Å². The molecule has 2 saturated carbocycles. The van der Waals surface area contributed by atoms with Gasteiger partial charge in [0.25, 0.3) is 0 Å². The number of hydrogen-bond donors (Lipinski definition) is 2. The molecule has 1 aliphatic heterocycles. The third kappa shape index (κ3) is 4.31. The standard InChI is InChI=1S/C20H30N2O6/c23-17(13-5-1-3-7-15(13)19(25)26)21-9-11-22(12-10-21)18(24)14-6-2-4-8-16(14)20(27)28/h13-16H,1-12H2,(H,25,26)(H,27,28). The van der Waals surface area contributed by atoms with Crippen molar-refractivity contribution in [2.45, 2.75) is 51.4 Å². The highest BCUT2D eigenvalue weighted by Crippen LogP contribution is 2.33. The van der Waals surface area contributed by atoms with Crippen molar-refractivity contribution in [1.82, 2.24) is 9.80 Å². The zero-order valence-electron chi connectivity index (χ0n) is 16.2. The Morgan fingerprint density at radius 2 is 0.821 bits per heavy atom. The van der Waals surface area contributed by atoms with E-state index in [-0.39, 0.29) is 11.8 Å². The molecular weight excluding hydrogens is 364 g/mol. The second kappa shape index (κ2) is 8.92. The molecule has 2 aliphatic carbocycles. The van der Waals surface area contributed by atoms with Crippen molar-refractivity contribution >= 4 is 23.8 Å². The first-order chi connectivity index (χ1) is 13.4.